The van der Waals surface area contributed by atoms with Crippen molar-refractivity contribution in [3.8, 4) is 5.75 Å². The smallest absolute Gasteiger partial charge is 0.409 e. The number of aromatic nitrogens is 3. The first-order valence-corrected chi connectivity index (χ1v) is 11.3. The zero-order valence-corrected chi connectivity index (χ0v) is 19.2. The van der Waals surface area contributed by atoms with Crippen molar-refractivity contribution in [3.05, 3.63) is 24.0 Å². The Morgan fingerprint density at radius 1 is 1.21 bits per heavy atom. The lowest BCUT2D eigenvalue weighted by molar-refractivity contribution is 0.0261. The summed E-state index contributed by atoms with van der Waals surface area (Å²) in [6.07, 6.45) is 1.24. The van der Waals surface area contributed by atoms with E-state index in [9.17, 15) is 4.79 Å². The maximum Gasteiger partial charge on any atom is 0.409 e. The standard InChI is InChI=1S/C23H31N5O5/c1-3-7-28-19(15-30-2)26-20-21(28)17-14-16(5-6-18(17)25-22(20)24)32-10-4-11-33-23(29)27-8-12-31-13-9-27/h5-6,14H,3-4,7-13,15H2,1-2H3,(H2,24,25). The van der Waals surface area contributed by atoms with E-state index in [0.29, 0.717) is 69.6 Å². The van der Waals surface area contributed by atoms with Crippen LogP contribution in [0, 0.1) is 0 Å². The summed E-state index contributed by atoms with van der Waals surface area (Å²) < 4.78 is 24.0. The molecule has 0 aliphatic carbocycles. The highest BCUT2D eigenvalue weighted by Gasteiger charge is 2.19. The molecule has 0 atom stereocenters. The molecule has 0 spiro atoms. The van der Waals surface area contributed by atoms with Crippen molar-refractivity contribution in [1.82, 2.24) is 19.4 Å². The average Bonchev–Trinajstić information content (AvgIpc) is 3.19. The van der Waals surface area contributed by atoms with E-state index in [-0.39, 0.29) is 6.09 Å². The number of benzene rings is 1. The molecule has 10 heteroatoms. The van der Waals surface area contributed by atoms with Crippen molar-refractivity contribution in [2.24, 2.45) is 0 Å². The average molecular weight is 458 g/mol. The van der Waals surface area contributed by atoms with Crippen molar-refractivity contribution in [2.45, 2.75) is 32.9 Å². The van der Waals surface area contributed by atoms with Gasteiger partial charge < -0.3 is 34.1 Å². The van der Waals surface area contributed by atoms with Crippen LogP contribution in [0.1, 0.15) is 25.6 Å². The van der Waals surface area contributed by atoms with Gasteiger partial charge in [-0.1, -0.05) is 6.92 Å². The lowest BCUT2D eigenvalue weighted by atomic mass is 10.1. The van der Waals surface area contributed by atoms with Crippen molar-refractivity contribution >= 4 is 33.8 Å². The van der Waals surface area contributed by atoms with E-state index in [4.69, 9.17) is 29.7 Å². The molecule has 1 amide bonds. The Hall–Kier alpha value is -3.11. The molecule has 0 bridgehead atoms. The maximum absolute atomic E-state index is 12.0. The van der Waals surface area contributed by atoms with E-state index in [1.54, 1.807) is 12.0 Å². The minimum absolute atomic E-state index is 0.300. The number of rotatable bonds is 9. The molecular weight excluding hydrogens is 426 g/mol. The Kier molecular flexibility index (Phi) is 7.46. The molecular formula is C23H31N5O5. The SMILES string of the molecule is CCCn1c(COC)nc2c(N)nc3ccc(OCCCOC(=O)N4CCOCC4)cc3c21. The summed E-state index contributed by atoms with van der Waals surface area (Å²) in [5, 5.41) is 0.929. The van der Waals surface area contributed by atoms with Gasteiger partial charge in [-0.2, -0.15) is 0 Å². The van der Waals surface area contributed by atoms with Gasteiger partial charge in [0.15, 0.2) is 5.82 Å². The Balaban J connectivity index is 1.46. The highest BCUT2D eigenvalue weighted by Crippen LogP contribution is 2.31. The number of hydrogen-bond acceptors (Lipinski definition) is 8. The molecule has 2 aromatic heterocycles. The van der Waals surface area contributed by atoms with E-state index in [2.05, 4.69) is 16.5 Å². The molecule has 3 heterocycles. The minimum atomic E-state index is -0.300. The normalized spacial score (nSPS) is 14.2. The Morgan fingerprint density at radius 3 is 2.79 bits per heavy atom. The largest absolute Gasteiger partial charge is 0.493 e. The van der Waals surface area contributed by atoms with Crippen molar-refractivity contribution in [2.75, 3.05) is 52.4 Å². The van der Waals surface area contributed by atoms with E-state index < -0.39 is 0 Å². The Bertz CT molecular complexity index is 1110. The number of ether oxygens (including phenoxy) is 4. The summed E-state index contributed by atoms with van der Waals surface area (Å²) >= 11 is 0. The predicted octanol–water partition coefficient (Wildman–Crippen LogP) is 2.96. The van der Waals surface area contributed by atoms with Gasteiger partial charge in [-0.25, -0.2) is 14.8 Å². The number of morpholine rings is 1. The van der Waals surface area contributed by atoms with Crippen LogP contribution in [0.3, 0.4) is 0 Å². The van der Waals surface area contributed by atoms with E-state index >= 15 is 0 Å². The number of nitrogens with two attached hydrogens (primary N) is 1. The molecule has 0 saturated carbocycles. The third-order valence-corrected chi connectivity index (χ3v) is 5.53. The van der Waals surface area contributed by atoms with Gasteiger partial charge >= 0.3 is 6.09 Å². The van der Waals surface area contributed by atoms with Crippen LogP contribution >= 0.6 is 0 Å². The van der Waals surface area contributed by atoms with Gasteiger partial charge in [0.05, 0.1) is 37.5 Å². The molecule has 178 valence electrons. The van der Waals surface area contributed by atoms with Crippen LogP contribution in [0.4, 0.5) is 10.6 Å². The highest BCUT2D eigenvalue weighted by atomic mass is 16.6. The van der Waals surface area contributed by atoms with E-state index in [0.717, 1.165) is 35.2 Å². The van der Waals surface area contributed by atoms with Gasteiger partial charge in [-0.15, -0.1) is 0 Å². The third kappa shape index (κ3) is 5.12. The molecule has 33 heavy (non-hydrogen) atoms. The number of amides is 1. The van der Waals surface area contributed by atoms with Crippen LogP contribution < -0.4 is 10.5 Å². The van der Waals surface area contributed by atoms with Crippen molar-refractivity contribution in [1.29, 1.82) is 0 Å². The van der Waals surface area contributed by atoms with Gasteiger partial charge in [0, 0.05) is 38.6 Å². The topological polar surface area (TPSA) is 114 Å². The number of anilines is 1. The first-order chi connectivity index (χ1) is 16.1. The van der Waals surface area contributed by atoms with E-state index in [1.165, 1.54) is 0 Å². The number of pyridine rings is 1. The molecule has 4 rings (SSSR count). The number of carbonyl (C=O) groups excluding carboxylic acids is 1. The first kappa shape index (κ1) is 23.1. The molecule has 0 unspecified atom stereocenters. The van der Waals surface area contributed by atoms with Crippen LogP contribution in [0.15, 0.2) is 18.2 Å². The molecule has 2 N–H and O–H groups in total. The Labute approximate surface area is 192 Å². The highest BCUT2D eigenvalue weighted by molar-refractivity contribution is 6.07. The van der Waals surface area contributed by atoms with Crippen LogP contribution in [0.5, 0.6) is 5.75 Å². The number of fused-ring (bicyclic) bond motifs is 3. The van der Waals surface area contributed by atoms with Gasteiger partial charge in [-0.05, 0) is 24.6 Å². The lowest BCUT2D eigenvalue weighted by Crippen LogP contribution is -2.41. The zero-order chi connectivity index (χ0) is 23.2. The number of methoxy groups -OCH3 is 1. The van der Waals surface area contributed by atoms with Crippen molar-refractivity contribution < 1.29 is 23.7 Å². The number of carbonyl (C=O) groups is 1. The minimum Gasteiger partial charge on any atom is -0.493 e. The molecule has 1 aliphatic rings. The number of nitrogens with zero attached hydrogens (tertiary/aromatic N) is 4. The van der Waals surface area contributed by atoms with Crippen molar-refractivity contribution in [3.63, 3.8) is 0 Å². The first-order valence-electron chi connectivity index (χ1n) is 11.3. The quantitative estimate of drug-likeness (QED) is 0.488. The summed E-state index contributed by atoms with van der Waals surface area (Å²) in [6.45, 7) is 6.29. The fraction of sp³-hybridized carbons (Fsp3) is 0.522. The second kappa shape index (κ2) is 10.7. The summed E-state index contributed by atoms with van der Waals surface area (Å²) in [4.78, 5) is 22.9. The summed E-state index contributed by atoms with van der Waals surface area (Å²) in [5.41, 5.74) is 8.62. The van der Waals surface area contributed by atoms with Gasteiger partial charge in [0.25, 0.3) is 0 Å². The number of hydrogen-bond donors (Lipinski definition) is 1. The monoisotopic (exact) mass is 457 g/mol. The Morgan fingerprint density at radius 2 is 2.03 bits per heavy atom. The number of imidazole rings is 1. The predicted molar refractivity (Wildman–Crippen MR) is 124 cm³/mol. The molecule has 1 aromatic carbocycles. The summed E-state index contributed by atoms with van der Waals surface area (Å²) in [6, 6.07) is 5.74. The fourth-order valence-corrected chi connectivity index (χ4v) is 3.98. The number of nitrogen functional groups attached to an aromatic ring is 1. The van der Waals surface area contributed by atoms with Crippen LogP contribution in [-0.2, 0) is 27.4 Å². The maximum atomic E-state index is 12.0. The zero-order valence-electron chi connectivity index (χ0n) is 19.2. The van der Waals surface area contributed by atoms with Crippen LogP contribution in [-0.4, -0.2) is 72.2 Å². The van der Waals surface area contributed by atoms with E-state index in [1.807, 2.05) is 18.2 Å². The molecule has 1 fully saturated rings. The molecule has 0 radical (unpaired) electrons. The van der Waals surface area contributed by atoms with Crippen LogP contribution in [0.2, 0.25) is 0 Å². The molecule has 1 aliphatic heterocycles. The van der Waals surface area contributed by atoms with Gasteiger partial charge in [0.1, 0.15) is 23.7 Å². The van der Waals surface area contributed by atoms with Gasteiger partial charge in [-0.3, -0.25) is 0 Å². The number of aryl methyl sites for hydroxylation is 1. The summed E-state index contributed by atoms with van der Waals surface area (Å²) in [7, 11) is 1.65. The lowest BCUT2D eigenvalue weighted by Gasteiger charge is -2.25. The van der Waals surface area contributed by atoms with Gasteiger partial charge in [0.2, 0.25) is 0 Å². The van der Waals surface area contributed by atoms with Crippen LogP contribution in [0.25, 0.3) is 21.9 Å². The molecule has 1 saturated heterocycles. The summed E-state index contributed by atoms with van der Waals surface area (Å²) in [5.74, 6) is 1.94. The molecule has 10 nitrogen and oxygen atoms in total. The fourth-order valence-electron chi connectivity index (χ4n) is 3.98. The molecule has 3 aromatic rings. The second-order valence-electron chi connectivity index (χ2n) is 7.90. The second-order valence-corrected chi connectivity index (χ2v) is 7.90. The third-order valence-electron chi connectivity index (χ3n) is 5.53.